The van der Waals surface area contributed by atoms with E-state index in [-0.39, 0.29) is 25.0 Å². The van der Waals surface area contributed by atoms with Crippen LogP contribution in [0.5, 0.6) is 0 Å². The van der Waals surface area contributed by atoms with Gasteiger partial charge in [0.15, 0.2) is 5.82 Å². The van der Waals surface area contributed by atoms with Crippen molar-refractivity contribution in [1.82, 2.24) is 10.1 Å². The first kappa shape index (κ1) is 14.2. The number of aryl methyl sites for hydroxylation is 1. The molecule has 0 aliphatic heterocycles. The van der Waals surface area contributed by atoms with Crippen molar-refractivity contribution in [2.24, 2.45) is 0 Å². The van der Waals surface area contributed by atoms with Crippen LogP contribution in [-0.4, -0.2) is 48.7 Å². The Labute approximate surface area is 105 Å². The molecule has 7 heteroatoms. The van der Waals surface area contributed by atoms with Gasteiger partial charge in [-0.05, 0) is 13.8 Å². The summed E-state index contributed by atoms with van der Waals surface area (Å²) in [7, 11) is 1.54. The minimum atomic E-state index is -0.337. The minimum Gasteiger partial charge on any atom is -0.372 e. The maximum atomic E-state index is 11.6. The molecule has 0 aromatic carbocycles. The molecule has 0 saturated carbocycles. The zero-order chi connectivity index (χ0) is 13.5. The SMILES string of the molecule is CCOCC(=O)N(C)CC(=O)Nc1cc(C)on1. The van der Waals surface area contributed by atoms with Crippen molar-refractivity contribution < 1.29 is 18.8 Å². The Bertz CT molecular complexity index is 416. The van der Waals surface area contributed by atoms with Gasteiger partial charge in [0, 0.05) is 19.7 Å². The summed E-state index contributed by atoms with van der Waals surface area (Å²) in [6.07, 6.45) is 0. The quantitative estimate of drug-likeness (QED) is 0.796. The van der Waals surface area contributed by atoms with Crippen LogP contribution in [0.2, 0.25) is 0 Å². The van der Waals surface area contributed by atoms with Crippen LogP contribution in [0.1, 0.15) is 12.7 Å². The number of nitrogens with zero attached hydrogens (tertiary/aromatic N) is 2. The third kappa shape index (κ3) is 4.54. The molecule has 18 heavy (non-hydrogen) atoms. The van der Waals surface area contributed by atoms with Gasteiger partial charge in [-0.2, -0.15) is 0 Å². The Kier molecular flexibility index (Phi) is 5.31. The maximum absolute atomic E-state index is 11.6. The molecule has 0 atom stereocenters. The molecule has 1 aromatic rings. The van der Waals surface area contributed by atoms with Crippen LogP contribution in [0.25, 0.3) is 0 Å². The molecule has 2 amide bonds. The molecule has 0 aliphatic rings. The van der Waals surface area contributed by atoms with Gasteiger partial charge in [-0.3, -0.25) is 9.59 Å². The molecule has 0 aliphatic carbocycles. The van der Waals surface area contributed by atoms with Crippen LogP contribution < -0.4 is 5.32 Å². The van der Waals surface area contributed by atoms with Crippen molar-refractivity contribution in [3.63, 3.8) is 0 Å². The molecule has 0 radical (unpaired) electrons. The van der Waals surface area contributed by atoms with Crippen LogP contribution >= 0.6 is 0 Å². The van der Waals surface area contributed by atoms with Crippen molar-refractivity contribution in [1.29, 1.82) is 0 Å². The number of anilines is 1. The number of carbonyl (C=O) groups is 2. The van der Waals surface area contributed by atoms with Gasteiger partial charge in [-0.1, -0.05) is 5.16 Å². The monoisotopic (exact) mass is 255 g/mol. The van der Waals surface area contributed by atoms with E-state index in [2.05, 4.69) is 10.5 Å². The highest BCUT2D eigenvalue weighted by atomic mass is 16.5. The Hall–Kier alpha value is -1.89. The normalized spacial score (nSPS) is 10.2. The van der Waals surface area contributed by atoms with Gasteiger partial charge in [0.2, 0.25) is 11.8 Å². The number of hydrogen-bond donors (Lipinski definition) is 1. The summed E-state index contributed by atoms with van der Waals surface area (Å²) in [5.41, 5.74) is 0. The first-order valence-electron chi connectivity index (χ1n) is 5.57. The summed E-state index contributed by atoms with van der Waals surface area (Å²) in [4.78, 5) is 24.4. The number of amides is 2. The number of hydrogen-bond acceptors (Lipinski definition) is 5. The van der Waals surface area contributed by atoms with E-state index >= 15 is 0 Å². The first-order valence-corrected chi connectivity index (χ1v) is 5.57. The molecule has 1 aromatic heterocycles. The van der Waals surface area contributed by atoms with E-state index in [0.29, 0.717) is 18.2 Å². The highest BCUT2D eigenvalue weighted by Crippen LogP contribution is 2.06. The molecule has 0 bridgehead atoms. The van der Waals surface area contributed by atoms with Crippen molar-refractivity contribution in [3.8, 4) is 0 Å². The van der Waals surface area contributed by atoms with E-state index in [1.807, 2.05) is 0 Å². The minimum absolute atomic E-state index is 0.0245. The number of rotatable bonds is 6. The molecule has 100 valence electrons. The van der Waals surface area contributed by atoms with E-state index in [0.717, 1.165) is 0 Å². The molecule has 1 heterocycles. The fraction of sp³-hybridized carbons (Fsp3) is 0.545. The molecule has 0 fully saturated rings. The highest BCUT2D eigenvalue weighted by Gasteiger charge is 2.13. The Balaban J connectivity index is 2.37. The Morgan fingerprint density at radius 2 is 2.28 bits per heavy atom. The molecular formula is C11H17N3O4. The second kappa shape index (κ2) is 6.75. The molecule has 1 N–H and O–H groups in total. The number of nitrogens with one attached hydrogen (secondary N) is 1. The van der Waals surface area contributed by atoms with E-state index < -0.39 is 0 Å². The van der Waals surface area contributed by atoms with Crippen LogP contribution in [0, 0.1) is 6.92 Å². The Morgan fingerprint density at radius 1 is 1.56 bits per heavy atom. The lowest BCUT2D eigenvalue weighted by atomic mass is 10.4. The summed E-state index contributed by atoms with van der Waals surface area (Å²) in [6, 6.07) is 1.60. The first-order chi connectivity index (χ1) is 8.52. The third-order valence-corrected chi connectivity index (χ3v) is 2.13. The average Bonchev–Trinajstić information content (AvgIpc) is 2.71. The number of ether oxygens (including phenoxy) is 1. The second-order valence-electron chi connectivity index (χ2n) is 3.76. The van der Waals surface area contributed by atoms with Crippen LogP contribution in [0.4, 0.5) is 5.82 Å². The van der Waals surface area contributed by atoms with Gasteiger partial charge >= 0.3 is 0 Å². The zero-order valence-corrected chi connectivity index (χ0v) is 10.7. The predicted octanol–water partition coefficient (Wildman–Crippen LogP) is 0.416. The molecule has 7 nitrogen and oxygen atoms in total. The van der Waals surface area contributed by atoms with Gasteiger partial charge in [0.1, 0.15) is 12.4 Å². The third-order valence-electron chi connectivity index (χ3n) is 2.13. The van der Waals surface area contributed by atoms with E-state index in [1.165, 1.54) is 11.9 Å². The number of likely N-dealkylation sites (N-methyl/N-ethyl adjacent to an activating group) is 1. The van der Waals surface area contributed by atoms with Crippen LogP contribution in [-0.2, 0) is 14.3 Å². The van der Waals surface area contributed by atoms with Crippen molar-refractivity contribution in [2.45, 2.75) is 13.8 Å². The molecule has 1 rings (SSSR count). The highest BCUT2D eigenvalue weighted by molar-refractivity contribution is 5.93. The molecule has 0 unspecified atom stereocenters. The molecule has 0 saturated heterocycles. The predicted molar refractivity (Wildman–Crippen MR) is 64.0 cm³/mol. The van der Waals surface area contributed by atoms with Gasteiger partial charge in [0.05, 0.1) is 6.54 Å². The summed E-state index contributed by atoms with van der Waals surface area (Å²) in [6.45, 7) is 3.90. The summed E-state index contributed by atoms with van der Waals surface area (Å²) < 4.78 is 9.78. The molecular weight excluding hydrogens is 238 g/mol. The van der Waals surface area contributed by atoms with Gasteiger partial charge in [0.25, 0.3) is 0 Å². The largest absolute Gasteiger partial charge is 0.372 e. The van der Waals surface area contributed by atoms with Crippen molar-refractivity contribution >= 4 is 17.6 Å². The fourth-order valence-electron chi connectivity index (χ4n) is 1.21. The van der Waals surface area contributed by atoms with E-state index in [9.17, 15) is 9.59 Å². The maximum Gasteiger partial charge on any atom is 0.248 e. The Morgan fingerprint density at radius 3 is 2.83 bits per heavy atom. The van der Waals surface area contributed by atoms with Gasteiger partial charge in [-0.15, -0.1) is 0 Å². The average molecular weight is 255 g/mol. The topological polar surface area (TPSA) is 84.7 Å². The van der Waals surface area contributed by atoms with Crippen molar-refractivity contribution in [2.75, 3.05) is 32.1 Å². The smallest absolute Gasteiger partial charge is 0.248 e. The van der Waals surface area contributed by atoms with E-state index in [1.54, 1.807) is 19.9 Å². The summed E-state index contributed by atoms with van der Waals surface area (Å²) >= 11 is 0. The fourth-order valence-corrected chi connectivity index (χ4v) is 1.21. The van der Waals surface area contributed by atoms with Gasteiger partial charge < -0.3 is 19.5 Å². The summed E-state index contributed by atoms with van der Waals surface area (Å²) in [5.74, 6) is 0.355. The van der Waals surface area contributed by atoms with Gasteiger partial charge in [-0.25, -0.2) is 0 Å². The lowest BCUT2D eigenvalue weighted by Crippen LogP contribution is -2.37. The zero-order valence-electron chi connectivity index (χ0n) is 10.7. The van der Waals surface area contributed by atoms with Crippen molar-refractivity contribution in [3.05, 3.63) is 11.8 Å². The number of carbonyl (C=O) groups excluding carboxylic acids is 2. The van der Waals surface area contributed by atoms with E-state index in [4.69, 9.17) is 9.26 Å². The lowest BCUT2D eigenvalue weighted by Gasteiger charge is -2.15. The van der Waals surface area contributed by atoms with Crippen LogP contribution in [0.15, 0.2) is 10.6 Å². The number of aromatic nitrogens is 1. The summed E-state index contributed by atoms with van der Waals surface area (Å²) in [5, 5.41) is 6.15. The second-order valence-corrected chi connectivity index (χ2v) is 3.76. The van der Waals surface area contributed by atoms with Crippen LogP contribution in [0.3, 0.4) is 0 Å². The standard InChI is InChI=1S/C11H17N3O4/c1-4-17-7-11(16)14(3)6-10(15)12-9-5-8(2)18-13-9/h5H,4,6-7H2,1-3H3,(H,12,13,15). The lowest BCUT2D eigenvalue weighted by molar-refractivity contribution is -0.137. The molecule has 0 spiro atoms.